The Morgan fingerprint density at radius 1 is 1.24 bits per heavy atom. The van der Waals surface area contributed by atoms with Gasteiger partial charge in [0.2, 0.25) is 0 Å². The Kier molecular flexibility index (Phi) is 7.54. The van der Waals surface area contributed by atoms with Crippen LogP contribution in [0.5, 0.6) is 0 Å². The van der Waals surface area contributed by atoms with Gasteiger partial charge in [0.1, 0.15) is 28.7 Å². The summed E-state index contributed by atoms with van der Waals surface area (Å²) in [5, 5.41) is 24.9. The number of carbonyl (C=O) groups is 2. The molecule has 182 valence electrons. The number of hydrogen-bond acceptors (Lipinski definition) is 8. The fourth-order valence-electron chi connectivity index (χ4n) is 4.03. The van der Waals surface area contributed by atoms with Gasteiger partial charge < -0.3 is 25.0 Å². The quantitative estimate of drug-likeness (QED) is 0.602. The highest BCUT2D eigenvalue weighted by Gasteiger charge is 2.48. The zero-order chi connectivity index (χ0) is 25.1. The van der Waals surface area contributed by atoms with E-state index in [2.05, 4.69) is 21.7 Å². The van der Waals surface area contributed by atoms with Gasteiger partial charge in [-0.15, -0.1) is 0 Å². The van der Waals surface area contributed by atoms with Crippen molar-refractivity contribution in [3.63, 3.8) is 0 Å². The number of amides is 2. The minimum atomic E-state index is -1.15. The standard InChI is InChI=1S/C23H29ClN6O4/c1-5-15-16(10-25)18(24)28-19(17(15)11-26)30-8-6-14(7-9-30)27-20(31)23(12-33-13-23)29-21(32)34-22(2,3)4/h14H,5-9,12-13H2,1-4H3,(H,27,31)(H,29,32). The second-order valence-electron chi connectivity index (χ2n) is 9.47. The normalized spacial score (nSPS) is 17.7. The van der Waals surface area contributed by atoms with Crippen molar-refractivity contribution in [2.45, 2.75) is 64.1 Å². The summed E-state index contributed by atoms with van der Waals surface area (Å²) in [5.41, 5.74) is -0.640. The maximum absolute atomic E-state index is 13.0. The molecule has 34 heavy (non-hydrogen) atoms. The van der Waals surface area contributed by atoms with Crippen molar-refractivity contribution in [3.05, 3.63) is 21.8 Å². The summed E-state index contributed by atoms with van der Waals surface area (Å²) >= 11 is 6.23. The van der Waals surface area contributed by atoms with Crippen molar-refractivity contribution in [3.8, 4) is 12.1 Å². The molecule has 2 fully saturated rings. The molecule has 2 N–H and O–H groups in total. The number of pyridine rings is 1. The molecule has 0 aliphatic carbocycles. The van der Waals surface area contributed by atoms with Crippen LogP contribution in [0.3, 0.4) is 0 Å². The summed E-state index contributed by atoms with van der Waals surface area (Å²) in [4.78, 5) is 31.5. The minimum absolute atomic E-state index is 0.0793. The molecule has 2 saturated heterocycles. The fourth-order valence-corrected chi connectivity index (χ4v) is 4.26. The molecule has 11 heteroatoms. The highest BCUT2D eigenvalue weighted by atomic mass is 35.5. The number of carbonyl (C=O) groups excluding carboxylic acids is 2. The molecule has 1 aromatic heterocycles. The number of ether oxygens (including phenoxy) is 2. The van der Waals surface area contributed by atoms with E-state index in [4.69, 9.17) is 21.1 Å². The average Bonchev–Trinajstić information content (AvgIpc) is 2.74. The van der Waals surface area contributed by atoms with Crippen LogP contribution < -0.4 is 15.5 Å². The zero-order valence-corrected chi connectivity index (χ0v) is 20.6. The Hall–Kier alpha value is -3.08. The largest absolute Gasteiger partial charge is 0.444 e. The maximum Gasteiger partial charge on any atom is 0.408 e. The third kappa shape index (κ3) is 5.35. The van der Waals surface area contributed by atoms with Crippen LogP contribution in [0.4, 0.5) is 10.6 Å². The van der Waals surface area contributed by atoms with Gasteiger partial charge >= 0.3 is 6.09 Å². The van der Waals surface area contributed by atoms with E-state index in [1.165, 1.54) is 0 Å². The number of aromatic nitrogens is 1. The van der Waals surface area contributed by atoms with Crippen LogP contribution in [0.2, 0.25) is 5.15 Å². The molecule has 1 aromatic rings. The van der Waals surface area contributed by atoms with E-state index in [0.717, 1.165) is 0 Å². The molecule has 0 bridgehead atoms. The second-order valence-corrected chi connectivity index (χ2v) is 9.83. The molecule has 3 heterocycles. The minimum Gasteiger partial charge on any atom is -0.444 e. The van der Waals surface area contributed by atoms with Crippen molar-refractivity contribution in [1.82, 2.24) is 15.6 Å². The predicted molar refractivity (Wildman–Crippen MR) is 124 cm³/mol. The number of rotatable bonds is 5. The van der Waals surface area contributed by atoms with Gasteiger partial charge in [0, 0.05) is 19.1 Å². The lowest BCUT2D eigenvalue weighted by Crippen LogP contribution is -2.71. The van der Waals surface area contributed by atoms with Gasteiger partial charge in [0.15, 0.2) is 5.54 Å². The van der Waals surface area contributed by atoms with Crippen molar-refractivity contribution < 1.29 is 19.1 Å². The SMILES string of the molecule is CCc1c(C#N)c(Cl)nc(N2CCC(NC(=O)C3(NC(=O)OC(C)(C)C)COC3)CC2)c1C#N. The molecular formula is C23H29ClN6O4. The van der Waals surface area contributed by atoms with Gasteiger partial charge in [-0.25, -0.2) is 9.78 Å². The number of nitriles is 2. The first-order chi connectivity index (χ1) is 16.0. The molecule has 2 aliphatic rings. The van der Waals surface area contributed by atoms with Crippen LogP contribution in [0, 0.1) is 22.7 Å². The maximum atomic E-state index is 13.0. The molecule has 3 rings (SSSR count). The third-order valence-corrected chi connectivity index (χ3v) is 6.09. The first-order valence-corrected chi connectivity index (χ1v) is 11.6. The van der Waals surface area contributed by atoms with Gasteiger partial charge in [0.05, 0.1) is 24.3 Å². The zero-order valence-electron chi connectivity index (χ0n) is 19.8. The Labute approximate surface area is 204 Å². The predicted octanol–water partition coefficient (Wildman–Crippen LogP) is 2.42. The van der Waals surface area contributed by atoms with Crippen LogP contribution >= 0.6 is 11.6 Å². The lowest BCUT2D eigenvalue weighted by atomic mass is 9.94. The lowest BCUT2D eigenvalue weighted by molar-refractivity contribution is -0.148. The van der Waals surface area contributed by atoms with Gasteiger partial charge in [-0.3, -0.25) is 4.79 Å². The highest BCUT2D eigenvalue weighted by molar-refractivity contribution is 6.30. The number of piperidine rings is 1. The van der Waals surface area contributed by atoms with Crippen LogP contribution in [0.15, 0.2) is 0 Å². The Bertz CT molecular complexity index is 1040. The number of alkyl carbamates (subject to hydrolysis) is 1. The summed E-state index contributed by atoms with van der Waals surface area (Å²) < 4.78 is 10.5. The van der Waals surface area contributed by atoms with E-state index < -0.39 is 17.2 Å². The van der Waals surface area contributed by atoms with E-state index in [9.17, 15) is 20.1 Å². The summed E-state index contributed by atoms with van der Waals surface area (Å²) in [7, 11) is 0. The summed E-state index contributed by atoms with van der Waals surface area (Å²) in [6.07, 6.45) is 1.05. The molecule has 0 aromatic carbocycles. The van der Waals surface area contributed by atoms with E-state index in [0.29, 0.717) is 49.3 Å². The van der Waals surface area contributed by atoms with Crippen LogP contribution in [0.1, 0.15) is 57.2 Å². The lowest BCUT2D eigenvalue weighted by Gasteiger charge is -2.42. The van der Waals surface area contributed by atoms with E-state index in [1.54, 1.807) is 20.8 Å². The van der Waals surface area contributed by atoms with E-state index >= 15 is 0 Å². The summed E-state index contributed by atoms with van der Waals surface area (Å²) in [5.74, 6) is 0.150. The fraction of sp³-hybridized carbons (Fsp3) is 0.609. The molecule has 0 radical (unpaired) electrons. The van der Waals surface area contributed by atoms with Gasteiger partial charge in [-0.2, -0.15) is 10.5 Å². The number of anilines is 1. The number of halogens is 1. The Morgan fingerprint density at radius 2 is 1.85 bits per heavy atom. The van der Waals surface area contributed by atoms with Crippen LogP contribution in [-0.4, -0.2) is 60.5 Å². The smallest absolute Gasteiger partial charge is 0.408 e. The first-order valence-electron chi connectivity index (χ1n) is 11.2. The van der Waals surface area contributed by atoms with Crippen molar-refractivity contribution in [1.29, 1.82) is 10.5 Å². The Balaban J connectivity index is 1.65. The molecule has 0 atom stereocenters. The monoisotopic (exact) mass is 488 g/mol. The first kappa shape index (κ1) is 25.5. The molecule has 2 aliphatic heterocycles. The van der Waals surface area contributed by atoms with Gasteiger partial charge in [-0.05, 0) is 45.6 Å². The van der Waals surface area contributed by atoms with Gasteiger partial charge in [-0.1, -0.05) is 18.5 Å². The highest BCUT2D eigenvalue weighted by Crippen LogP contribution is 2.31. The summed E-state index contributed by atoms with van der Waals surface area (Å²) in [6.45, 7) is 8.36. The molecule has 0 unspecified atom stereocenters. The van der Waals surface area contributed by atoms with E-state index in [1.807, 2.05) is 17.9 Å². The molecular weight excluding hydrogens is 460 g/mol. The second kappa shape index (κ2) is 10.0. The topological polar surface area (TPSA) is 140 Å². The Morgan fingerprint density at radius 3 is 2.32 bits per heavy atom. The molecule has 2 amide bonds. The van der Waals surface area contributed by atoms with Crippen molar-refractivity contribution >= 4 is 29.4 Å². The number of nitrogens with zero attached hydrogens (tertiary/aromatic N) is 4. The molecule has 10 nitrogen and oxygen atoms in total. The number of nitrogens with one attached hydrogen (secondary N) is 2. The average molecular weight is 489 g/mol. The molecule has 0 saturated carbocycles. The summed E-state index contributed by atoms with van der Waals surface area (Å²) in [6, 6.07) is 4.10. The van der Waals surface area contributed by atoms with Crippen molar-refractivity contribution in [2.24, 2.45) is 0 Å². The van der Waals surface area contributed by atoms with Crippen LogP contribution in [0.25, 0.3) is 0 Å². The third-order valence-electron chi connectivity index (χ3n) is 5.82. The van der Waals surface area contributed by atoms with Crippen molar-refractivity contribution in [2.75, 3.05) is 31.2 Å². The molecule has 0 spiro atoms. The van der Waals surface area contributed by atoms with Gasteiger partial charge in [0.25, 0.3) is 5.91 Å². The van der Waals surface area contributed by atoms with Crippen LogP contribution in [-0.2, 0) is 20.7 Å². The van der Waals surface area contributed by atoms with E-state index in [-0.39, 0.29) is 35.9 Å². The number of hydrogen-bond donors (Lipinski definition) is 2.